The minimum Gasteiger partial charge on any atom is -0.382 e. The van der Waals surface area contributed by atoms with Crippen molar-refractivity contribution < 1.29 is 23.7 Å². The summed E-state index contributed by atoms with van der Waals surface area (Å²) in [6.45, 7) is 7.03. The average Bonchev–Trinajstić information content (AvgIpc) is 2.39. The normalized spacial score (nSPS) is 12.8. The monoisotopic (exact) mass is 265 g/mol. The minimum atomic E-state index is -0.0209. The molecular formula is C12H27NO5. The van der Waals surface area contributed by atoms with Gasteiger partial charge in [-0.05, 0) is 6.92 Å². The zero-order valence-corrected chi connectivity index (χ0v) is 11.6. The van der Waals surface area contributed by atoms with Gasteiger partial charge in [-0.25, -0.2) is 0 Å². The van der Waals surface area contributed by atoms with Crippen LogP contribution in [0.25, 0.3) is 0 Å². The third kappa shape index (κ3) is 12.2. The van der Waals surface area contributed by atoms with Gasteiger partial charge in [0.05, 0.1) is 52.4 Å². The molecule has 0 heterocycles. The molecule has 0 saturated carbocycles. The zero-order chi connectivity index (χ0) is 13.5. The van der Waals surface area contributed by atoms with E-state index in [-0.39, 0.29) is 6.10 Å². The van der Waals surface area contributed by atoms with Gasteiger partial charge in [0.2, 0.25) is 0 Å². The van der Waals surface area contributed by atoms with Crippen molar-refractivity contribution in [2.24, 2.45) is 5.73 Å². The molecule has 0 bridgehead atoms. The number of hydrogen-bond donors (Lipinski definition) is 1. The summed E-state index contributed by atoms with van der Waals surface area (Å²) in [6, 6.07) is 0. The molecule has 0 rings (SSSR count). The first-order chi connectivity index (χ1) is 8.85. The number of hydrogen-bond acceptors (Lipinski definition) is 6. The molecule has 0 aromatic carbocycles. The van der Waals surface area contributed by atoms with Crippen LogP contribution < -0.4 is 5.73 Å². The molecule has 0 aliphatic rings. The van der Waals surface area contributed by atoms with Gasteiger partial charge < -0.3 is 29.4 Å². The lowest BCUT2D eigenvalue weighted by Crippen LogP contribution is -2.29. The van der Waals surface area contributed by atoms with Gasteiger partial charge in [-0.3, -0.25) is 0 Å². The van der Waals surface area contributed by atoms with E-state index in [2.05, 4.69) is 0 Å². The molecule has 0 aliphatic heterocycles. The molecule has 0 saturated heterocycles. The Bertz CT molecular complexity index is 159. The number of nitrogens with two attached hydrogens (primary N) is 1. The van der Waals surface area contributed by atoms with Gasteiger partial charge in [0.1, 0.15) is 0 Å². The van der Waals surface area contributed by atoms with Crippen LogP contribution in [0.1, 0.15) is 6.92 Å². The molecule has 2 N–H and O–H groups in total. The molecule has 6 nitrogen and oxygen atoms in total. The molecule has 1 atom stereocenters. The molecule has 1 unspecified atom stereocenters. The smallest absolute Gasteiger partial charge is 0.0930 e. The highest BCUT2D eigenvalue weighted by atomic mass is 16.6. The van der Waals surface area contributed by atoms with Crippen molar-refractivity contribution >= 4 is 0 Å². The summed E-state index contributed by atoms with van der Waals surface area (Å²) in [5, 5.41) is 0. The van der Waals surface area contributed by atoms with Crippen LogP contribution >= 0.6 is 0 Å². The molecule has 0 aliphatic carbocycles. The van der Waals surface area contributed by atoms with Crippen molar-refractivity contribution in [2.45, 2.75) is 13.0 Å². The maximum absolute atomic E-state index is 5.52. The quantitative estimate of drug-likeness (QED) is 0.447. The highest BCUT2D eigenvalue weighted by molar-refractivity contribution is 4.55. The van der Waals surface area contributed by atoms with Gasteiger partial charge >= 0.3 is 0 Å². The van der Waals surface area contributed by atoms with Crippen LogP contribution in [0.2, 0.25) is 0 Å². The molecule has 110 valence electrons. The van der Waals surface area contributed by atoms with Crippen LogP contribution in [0.4, 0.5) is 0 Å². The van der Waals surface area contributed by atoms with Crippen LogP contribution in [-0.4, -0.2) is 72.6 Å². The largest absolute Gasteiger partial charge is 0.382 e. The van der Waals surface area contributed by atoms with Crippen LogP contribution in [0.5, 0.6) is 0 Å². The molecular weight excluding hydrogens is 238 g/mol. The summed E-state index contributed by atoms with van der Waals surface area (Å²) in [5.41, 5.74) is 5.52. The fraction of sp³-hybridized carbons (Fsp3) is 1.00. The Kier molecular flexibility index (Phi) is 14.6. The molecule has 0 radical (unpaired) electrons. The Morgan fingerprint density at radius 3 is 1.94 bits per heavy atom. The lowest BCUT2D eigenvalue weighted by atomic mass is 10.4. The second-order valence-corrected chi connectivity index (χ2v) is 3.61. The van der Waals surface area contributed by atoms with Crippen molar-refractivity contribution in [3.05, 3.63) is 0 Å². The summed E-state index contributed by atoms with van der Waals surface area (Å²) in [6.07, 6.45) is -0.0209. The number of methoxy groups -OCH3 is 1. The number of ether oxygens (including phenoxy) is 5. The van der Waals surface area contributed by atoms with Gasteiger partial charge in [0.25, 0.3) is 0 Å². The van der Waals surface area contributed by atoms with Gasteiger partial charge in [-0.1, -0.05) is 0 Å². The first-order valence-electron chi connectivity index (χ1n) is 6.39. The highest BCUT2D eigenvalue weighted by Gasteiger charge is 2.05. The van der Waals surface area contributed by atoms with E-state index in [1.54, 1.807) is 7.11 Å². The molecule has 0 aromatic rings. The standard InChI is InChI=1S/C12H27NO5/c1-3-18-12(10-13)11-17-9-8-16-7-6-15-5-4-14-2/h12H,3-11,13H2,1-2H3. The van der Waals surface area contributed by atoms with Gasteiger partial charge in [0.15, 0.2) is 0 Å². The minimum absolute atomic E-state index is 0.0209. The summed E-state index contributed by atoms with van der Waals surface area (Å²) >= 11 is 0. The van der Waals surface area contributed by atoms with Crippen molar-refractivity contribution in [3.8, 4) is 0 Å². The zero-order valence-electron chi connectivity index (χ0n) is 11.6. The van der Waals surface area contributed by atoms with E-state index in [0.717, 1.165) is 0 Å². The highest BCUT2D eigenvalue weighted by Crippen LogP contribution is 1.91. The Labute approximate surface area is 110 Å². The van der Waals surface area contributed by atoms with E-state index in [4.69, 9.17) is 29.4 Å². The number of rotatable bonds is 14. The maximum atomic E-state index is 5.52. The fourth-order valence-corrected chi connectivity index (χ4v) is 1.22. The Balaban J connectivity index is 3.10. The first-order valence-corrected chi connectivity index (χ1v) is 6.39. The van der Waals surface area contributed by atoms with Gasteiger partial charge in [0, 0.05) is 20.3 Å². The summed E-state index contributed by atoms with van der Waals surface area (Å²) in [4.78, 5) is 0. The van der Waals surface area contributed by atoms with Gasteiger partial charge in [-0.15, -0.1) is 0 Å². The summed E-state index contributed by atoms with van der Waals surface area (Å²) in [7, 11) is 1.65. The Morgan fingerprint density at radius 1 is 0.889 bits per heavy atom. The predicted molar refractivity (Wildman–Crippen MR) is 68.8 cm³/mol. The Morgan fingerprint density at radius 2 is 1.44 bits per heavy atom. The molecule has 0 fully saturated rings. The first kappa shape index (κ1) is 17.8. The van der Waals surface area contributed by atoms with Crippen molar-refractivity contribution in [1.82, 2.24) is 0 Å². The molecule has 18 heavy (non-hydrogen) atoms. The van der Waals surface area contributed by atoms with Crippen LogP contribution in [0.3, 0.4) is 0 Å². The second kappa shape index (κ2) is 14.8. The van der Waals surface area contributed by atoms with E-state index in [1.807, 2.05) is 6.92 Å². The van der Waals surface area contributed by atoms with Crippen molar-refractivity contribution in [2.75, 3.05) is 66.5 Å². The predicted octanol–water partition coefficient (Wildman–Crippen LogP) is 0.0464. The van der Waals surface area contributed by atoms with E-state index in [0.29, 0.717) is 59.4 Å². The van der Waals surface area contributed by atoms with Crippen molar-refractivity contribution in [1.29, 1.82) is 0 Å². The van der Waals surface area contributed by atoms with Crippen molar-refractivity contribution in [3.63, 3.8) is 0 Å². The van der Waals surface area contributed by atoms with Crippen LogP contribution in [0, 0.1) is 0 Å². The molecule has 0 spiro atoms. The van der Waals surface area contributed by atoms with E-state index >= 15 is 0 Å². The summed E-state index contributed by atoms with van der Waals surface area (Å²) < 4.78 is 26.2. The third-order valence-electron chi connectivity index (χ3n) is 2.14. The van der Waals surface area contributed by atoms with E-state index in [1.165, 1.54) is 0 Å². The third-order valence-corrected chi connectivity index (χ3v) is 2.14. The molecule has 6 heteroatoms. The van der Waals surface area contributed by atoms with Gasteiger partial charge in [-0.2, -0.15) is 0 Å². The van der Waals surface area contributed by atoms with E-state index in [9.17, 15) is 0 Å². The van der Waals surface area contributed by atoms with Crippen LogP contribution in [-0.2, 0) is 23.7 Å². The lowest BCUT2D eigenvalue weighted by Gasteiger charge is -2.14. The van der Waals surface area contributed by atoms with E-state index < -0.39 is 0 Å². The topological polar surface area (TPSA) is 72.2 Å². The second-order valence-electron chi connectivity index (χ2n) is 3.61. The SMILES string of the molecule is CCOC(CN)COCCOCCOCCOC. The fourth-order valence-electron chi connectivity index (χ4n) is 1.22. The van der Waals surface area contributed by atoms with Crippen LogP contribution in [0.15, 0.2) is 0 Å². The average molecular weight is 265 g/mol. The molecule has 0 amide bonds. The molecule has 0 aromatic heterocycles. The Hall–Kier alpha value is -0.240. The maximum Gasteiger partial charge on any atom is 0.0930 e. The lowest BCUT2D eigenvalue weighted by molar-refractivity contribution is -0.0315. The summed E-state index contributed by atoms with van der Waals surface area (Å²) in [5.74, 6) is 0.